The first kappa shape index (κ1) is 12.3. The highest BCUT2D eigenvalue weighted by Gasteiger charge is 2.25. The van der Waals surface area contributed by atoms with Crippen LogP contribution < -0.4 is 11.3 Å². The molecule has 3 unspecified atom stereocenters. The standard InChI is InChI=1S/C10H22N2OS/c1-3-8(2)14-7-10(12-11)9-4-5-13-6-9/h8-10,12H,3-7,11H2,1-2H3. The summed E-state index contributed by atoms with van der Waals surface area (Å²) in [6.07, 6.45) is 2.37. The van der Waals surface area contributed by atoms with E-state index in [9.17, 15) is 0 Å². The second-order valence-electron chi connectivity index (χ2n) is 3.95. The normalized spacial score (nSPS) is 26.4. The van der Waals surface area contributed by atoms with Crippen LogP contribution in [-0.2, 0) is 4.74 Å². The number of hydrogen-bond donors (Lipinski definition) is 2. The molecule has 3 atom stereocenters. The van der Waals surface area contributed by atoms with E-state index in [2.05, 4.69) is 19.3 Å². The largest absolute Gasteiger partial charge is 0.381 e. The van der Waals surface area contributed by atoms with Gasteiger partial charge in [0.15, 0.2) is 0 Å². The molecule has 0 bridgehead atoms. The number of nitrogens with two attached hydrogens (primary N) is 1. The summed E-state index contributed by atoms with van der Waals surface area (Å²) in [5.74, 6) is 7.27. The van der Waals surface area contributed by atoms with Crippen molar-refractivity contribution in [3.8, 4) is 0 Å². The molecule has 1 heterocycles. The van der Waals surface area contributed by atoms with Crippen LogP contribution in [-0.4, -0.2) is 30.3 Å². The van der Waals surface area contributed by atoms with E-state index in [1.165, 1.54) is 6.42 Å². The fourth-order valence-electron chi connectivity index (χ4n) is 1.58. The van der Waals surface area contributed by atoms with E-state index in [1.54, 1.807) is 0 Å². The average molecular weight is 218 g/mol. The molecule has 0 spiro atoms. The number of ether oxygens (including phenoxy) is 1. The summed E-state index contributed by atoms with van der Waals surface area (Å²) in [5, 5.41) is 0.730. The van der Waals surface area contributed by atoms with Gasteiger partial charge in [0.25, 0.3) is 0 Å². The maximum atomic E-state index is 5.56. The van der Waals surface area contributed by atoms with Gasteiger partial charge in [-0.3, -0.25) is 11.3 Å². The Morgan fingerprint density at radius 1 is 1.64 bits per heavy atom. The molecular formula is C10H22N2OS. The molecule has 84 valence electrons. The van der Waals surface area contributed by atoms with Crippen molar-refractivity contribution >= 4 is 11.8 Å². The van der Waals surface area contributed by atoms with Crippen molar-refractivity contribution in [2.24, 2.45) is 11.8 Å². The highest BCUT2D eigenvalue weighted by Crippen LogP contribution is 2.22. The smallest absolute Gasteiger partial charge is 0.0510 e. The molecule has 0 aromatic heterocycles. The number of rotatable bonds is 6. The fraction of sp³-hybridized carbons (Fsp3) is 1.00. The van der Waals surface area contributed by atoms with Crippen molar-refractivity contribution < 1.29 is 4.74 Å². The van der Waals surface area contributed by atoms with Crippen molar-refractivity contribution in [1.82, 2.24) is 5.43 Å². The van der Waals surface area contributed by atoms with Crippen LogP contribution in [0.3, 0.4) is 0 Å². The lowest BCUT2D eigenvalue weighted by molar-refractivity contribution is 0.179. The van der Waals surface area contributed by atoms with Gasteiger partial charge >= 0.3 is 0 Å². The zero-order chi connectivity index (χ0) is 10.4. The van der Waals surface area contributed by atoms with Gasteiger partial charge in [0.2, 0.25) is 0 Å². The molecule has 0 aliphatic carbocycles. The van der Waals surface area contributed by atoms with Crippen molar-refractivity contribution in [2.45, 2.75) is 38.0 Å². The molecule has 1 aliphatic rings. The molecule has 1 saturated heterocycles. The molecule has 0 aromatic carbocycles. The first-order chi connectivity index (χ1) is 6.77. The van der Waals surface area contributed by atoms with Crippen molar-refractivity contribution in [3.05, 3.63) is 0 Å². The number of hydrazine groups is 1. The quantitative estimate of drug-likeness (QED) is 0.522. The Kier molecular flexibility index (Phi) is 5.86. The average Bonchev–Trinajstić information content (AvgIpc) is 2.72. The van der Waals surface area contributed by atoms with Crippen LogP contribution >= 0.6 is 11.8 Å². The minimum atomic E-state index is 0.413. The van der Waals surface area contributed by atoms with Gasteiger partial charge in [-0.15, -0.1) is 0 Å². The van der Waals surface area contributed by atoms with Crippen LogP contribution in [0, 0.1) is 5.92 Å². The summed E-state index contributed by atoms with van der Waals surface area (Å²) in [6, 6.07) is 0.413. The maximum Gasteiger partial charge on any atom is 0.0510 e. The maximum absolute atomic E-state index is 5.56. The zero-order valence-electron chi connectivity index (χ0n) is 9.16. The molecule has 0 amide bonds. The van der Waals surface area contributed by atoms with Crippen LogP contribution in [0.15, 0.2) is 0 Å². The van der Waals surface area contributed by atoms with Crippen molar-refractivity contribution in [3.63, 3.8) is 0 Å². The van der Waals surface area contributed by atoms with Crippen LogP contribution in [0.4, 0.5) is 0 Å². The van der Waals surface area contributed by atoms with Gasteiger partial charge < -0.3 is 4.74 Å². The SMILES string of the molecule is CCC(C)SCC(NN)C1CCOC1. The highest BCUT2D eigenvalue weighted by molar-refractivity contribution is 7.99. The van der Waals surface area contributed by atoms with E-state index in [0.717, 1.165) is 30.6 Å². The summed E-state index contributed by atoms with van der Waals surface area (Å²) in [7, 11) is 0. The summed E-state index contributed by atoms with van der Waals surface area (Å²) < 4.78 is 5.37. The van der Waals surface area contributed by atoms with Crippen LogP contribution in [0.25, 0.3) is 0 Å². The molecule has 1 rings (SSSR count). The highest BCUT2D eigenvalue weighted by atomic mass is 32.2. The Morgan fingerprint density at radius 2 is 2.43 bits per heavy atom. The second kappa shape index (κ2) is 6.67. The second-order valence-corrected chi connectivity index (χ2v) is 5.42. The third-order valence-electron chi connectivity index (χ3n) is 2.88. The Balaban J connectivity index is 2.23. The molecule has 0 radical (unpaired) electrons. The van der Waals surface area contributed by atoms with Gasteiger partial charge in [-0.2, -0.15) is 11.8 Å². The molecule has 1 fully saturated rings. The predicted molar refractivity (Wildman–Crippen MR) is 62.2 cm³/mol. The number of nitrogens with one attached hydrogen (secondary N) is 1. The van der Waals surface area contributed by atoms with E-state index < -0.39 is 0 Å². The first-order valence-electron chi connectivity index (χ1n) is 5.43. The minimum absolute atomic E-state index is 0.413. The van der Waals surface area contributed by atoms with Crippen LogP contribution in [0.2, 0.25) is 0 Å². The summed E-state index contributed by atoms with van der Waals surface area (Å²) >= 11 is 2.00. The lowest BCUT2D eigenvalue weighted by Crippen LogP contribution is -2.43. The van der Waals surface area contributed by atoms with E-state index in [4.69, 9.17) is 10.6 Å². The molecule has 14 heavy (non-hydrogen) atoms. The third kappa shape index (κ3) is 3.77. The van der Waals surface area contributed by atoms with E-state index in [0.29, 0.717) is 12.0 Å². The Morgan fingerprint density at radius 3 is 2.93 bits per heavy atom. The molecule has 3 nitrogen and oxygen atoms in total. The monoisotopic (exact) mass is 218 g/mol. The first-order valence-corrected chi connectivity index (χ1v) is 6.48. The number of hydrogen-bond acceptors (Lipinski definition) is 4. The minimum Gasteiger partial charge on any atom is -0.381 e. The van der Waals surface area contributed by atoms with Gasteiger partial charge in [-0.25, -0.2) is 0 Å². The molecule has 4 heteroatoms. The van der Waals surface area contributed by atoms with Gasteiger partial charge in [0.1, 0.15) is 0 Å². The Bertz CT molecular complexity index is 151. The van der Waals surface area contributed by atoms with Gasteiger partial charge in [-0.1, -0.05) is 13.8 Å². The topological polar surface area (TPSA) is 47.3 Å². The van der Waals surface area contributed by atoms with E-state index >= 15 is 0 Å². The Hall–Kier alpha value is 0.230. The molecule has 0 aromatic rings. The Labute approximate surface area is 91.1 Å². The van der Waals surface area contributed by atoms with Crippen LogP contribution in [0.5, 0.6) is 0 Å². The summed E-state index contributed by atoms with van der Waals surface area (Å²) in [6.45, 7) is 6.26. The van der Waals surface area contributed by atoms with Crippen molar-refractivity contribution in [2.75, 3.05) is 19.0 Å². The third-order valence-corrected chi connectivity index (χ3v) is 4.34. The number of thioether (sulfide) groups is 1. The van der Waals surface area contributed by atoms with Crippen molar-refractivity contribution in [1.29, 1.82) is 0 Å². The molecule has 3 N–H and O–H groups in total. The van der Waals surface area contributed by atoms with Gasteiger partial charge in [-0.05, 0) is 12.8 Å². The lowest BCUT2D eigenvalue weighted by Gasteiger charge is -2.22. The van der Waals surface area contributed by atoms with E-state index in [-0.39, 0.29) is 0 Å². The lowest BCUT2D eigenvalue weighted by atomic mass is 10.0. The summed E-state index contributed by atoms with van der Waals surface area (Å²) in [5.41, 5.74) is 2.92. The van der Waals surface area contributed by atoms with E-state index in [1.807, 2.05) is 11.8 Å². The van der Waals surface area contributed by atoms with Gasteiger partial charge in [0.05, 0.1) is 6.61 Å². The zero-order valence-corrected chi connectivity index (χ0v) is 9.98. The van der Waals surface area contributed by atoms with Gasteiger partial charge in [0, 0.05) is 29.6 Å². The molecule has 0 saturated carbocycles. The molecular weight excluding hydrogens is 196 g/mol. The molecule has 1 aliphatic heterocycles. The summed E-state index contributed by atoms with van der Waals surface area (Å²) in [4.78, 5) is 0. The fourth-order valence-corrected chi connectivity index (χ4v) is 2.72. The van der Waals surface area contributed by atoms with Crippen LogP contribution in [0.1, 0.15) is 26.7 Å². The predicted octanol–water partition coefficient (Wildman–Crippen LogP) is 1.39.